The molecule has 0 N–H and O–H groups in total. The number of anilines is 1. The topological polar surface area (TPSA) is 20.3 Å². The summed E-state index contributed by atoms with van der Waals surface area (Å²) in [6.07, 6.45) is 2.05. The molecule has 18 heavy (non-hydrogen) atoms. The molecule has 0 radical (unpaired) electrons. The summed E-state index contributed by atoms with van der Waals surface area (Å²) in [6, 6.07) is 0.163. The number of fused-ring (bicyclic) bond motifs is 1. The molecule has 0 aromatic heterocycles. The first kappa shape index (κ1) is 11.6. The van der Waals surface area contributed by atoms with Crippen LogP contribution in [0.25, 0.3) is 0 Å². The van der Waals surface area contributed by atoms with Crippen LogP contribution in [0.1, 0.15) is 35.2 Å². The largest absolute Gasteiger partial charge is 0.365 e. The summed E-state index contributed by atoms with van der Waals surface area (Å²) in [5.41, 5.74) is -0.103. The summed E-state index contributed by atoms with van der Waals surface area (Å²) in [5.74, 6) is -4.27. The highest BCUT2D eigenvalue weighted by Gasteiger charge is 2.39. The molecule has 0 atom stereocenters. The van der Waals surface area contributed by atoms with Gasteiger partial charge < -0.3 is 4.90 Å². The first-order chi connectivity index (χ1) is 8.52. The summed E-state index contributed by atoms with van der Waals surface area (Å²) >= 11 is 0. The van der Waals surface area contributed by atoms with Crippen LogP contribution in [0.5, 0.6) is 0 Å². The van der Waals surface area contributed by atoms with Gasteiger partial charge in [0.1, 0.15) is 0 Å². The van der Waals surface area contributed by atoms with Crippen molar-refractivity contribution in [1.82, 2.24) is 0 Å². The zero-order valence-corrected chi connectivity index (χ0v) is 9.90. The number of Topliss-reactive ketones (excluding diaryl/α,β-unsaturated/α-hetero) is 1. The number of nitrogens with zero attached hydrogens (tertiary/aromatic N) is 1. The van der Waals surface area contributed by atoms with Crippen LogP contribution in [0, 0.1) is 24.4 Å². The lowest BCUT2D eigenvalue weighted by molar-refractivity contribution is 0.0977. The van der Waals surface area contributed by atoms with Crippen LogP contribution >= 0.6 is 0 Å². The molecule has 1 saturated carbocycles. The molecule has 0 unspecified atom stereocenters. The monoisotopic (exact) mass is 255 g/mol. The minimum Gasteiger partial charge on any atom is -0.365 e. The summed E-state index contributed by atoms with van der Waals surface area (Å²) in [7, 11) is 0. The Kier molecular flexibility index (Phi) is 2.40. The third-order valence-corrected chi connectivity index (χ3v) is 3.67. The second kappa shape index (κ2) is 3.73. The van der Waals surface area contributed by atoms with Gasteiger partial charge in [0.2, 0.25) is 0 Å². The Morgan fingerprint density at radius 1 is 1.11 bits per heavy atom. The van der Waals surface area contributed by atoms with E-state index in [2.05, 4.69) is 0 Å². The van der Waals surface area contributed by atoms with Gasteiger partial charge >= 0.3 is 0 Å². The molecule has 5 heteroatoms. The van der Waals surface area contributed by atoms with Crippen LogP contribution in [0.15, 0.2) is 0 Å². The number of ketones is 1. The van der Waals surface area contributed by atoms with E-state index < -0.39 is 17.5 Å². The molecule has 1 aliphatic carbocycles. The van der Waals surface area contributed by atoms with Crippen molar-refractivity contribution in [3.63, 3.8) is 0 Å². The molecule has 1 aromatic carbocycles. The number of carbonyl (C=O) groups is 1. The van der Waals surface area contributed by atoms with E-state index in [1.54, 1.807) is 4.90 Å². The van der Waals surface area contributed by atoms with Gasteiger partial charge in [-0.05, 0) is 19.8 Å². The van der Waals surface area contributed by atoms with Gasteiger partial charge in [-0.3, -0.25) is 4.79 Å². The summed E-state index contributed by atoms with van der Waals surface area (Å²) in [6.45, 7) is 1.71. The van der Waals surface area contributed by atoms with Gasteiger partial charge in [-0.1, -0.05) is 0 Å². The quantitative estimate of drug-likeness (QED) is 0.719. The van der Waals surface area contributed by atoms with Crippen LogP contribution in [-0.2, 0) is 0 Å². The van der Waals surface area contributed by atoms with Crippen molar-refractivity contribution in [2.45, 2.75) is 32.2 Å². The second-order valence-corrected chi connectivity index (χ2v) is 4.89. The Balaban J connectivity index is 2.28. The van der Waals surface area contributed by atoms with Gasteiger partial charge in [0.05, 0.1) is 11.3 Å². The van der Waals surface area contributed by atoms with Gasteiger partial charge in [0.25, 0.3) is 0 Å². The summed E-state index contributed by atoms with van der Waals surface area (Å²) in [5, 5.41) is 0. The molecule has 0 saturated heterocycles. The Morgan fingerprint density at radius 2 is 1.78 bits per heavy atom. The zero-order chi connectivity index (χ0) is 13.0. The maximum absolute atomic E-state index is 13.9. The Bertz CT molecular complexity index is 552. The Labute approximate surface area is 102 Å². The van der Waals surface area contributed by atoms with Crippen molar-refractivity contribution in [3.8, 4) is 0 Å². The first-order valence-corrected chi connectivity index (χ1v) is 5.99. The van der Waals surface area contributed by atoms with E-state index in [0.717, 1.165) is 12.8 Å². The van der Waals surface area contributed by atoms with Crippen molar-refractivity contribution >= 4 is 11.5 Å². The van der Waals surface area contributed by atoms with E-state index in [-0.39, 0.29) is 35.1 Å². The van der Waals surface area contributed by atoms with Crippen molar-refractivity contribution in [3.05, 3.63) is 28.6 Å². The number of hydrogen-bond donors (Lipinski definition) is 0. The molecule has 1 aliphatic heterocycles. The number of halogens is 3. The molecule has 2 nitrogen and oxygen atoms in total. The highest BCUT2D eigenvalue weighted by atomic mass is 19.2. The molecule has 0 spiro atoms. The van der Waals surface area contributed by atoms with Crippen molar-refractivity contribution in [2.24, 2.45) is 0 Å². The fourth-order valence-corrected chi connectivity index (χ4v) is 2.58. The minimum absolute atomic E-state index is 0.0181. The molecule has 1 heterocycles. The molecule has 1 fully saturated rings. The fourth-order valence-electron chi connectivity index (χ4n) is 2.58. The van der Waals surface area contributed by atoms with Gasteiger partial charge in [-0.2, -0.15) is 0 Å². The highest BCUT2D eigenvalue weighted by molar-refractivity contribution is 6.05. The van der Waals surface area contributed by atoms with E-state index in [1.807, 2.05) is 0 Å². The highest BCUT2D eigenvalue weighted by Crippen LogP contribution is 2.41. The third-order valence-electron chi connectivity index (χ3n) is 3.67. The van der Waals surface area contributed by atoms with Gasteiger partial charge in [0.15, 0.2) is 23.2 Å². The standard InChI is InChI=1S/C13H12F3NO/c1-6-9-8(18)4-5-17(7-2-3-7)13(9)12(16)11(15)10(6)14/h7H,2-5H2,1H3. The molecule has 1 aromatic rings. The third kappa shape index (κ3) is 1.46. The molecule has 0 bridgehead atoms. The van der Waals surface area contributed by atoms with Crippen molar-refractivity contribution < 1.29 is 18.0 Å². The zero-order valence-electron chi connectivity index (χ0n) is 9.90. The number of hydrogen-bond acceptors (Lipinski definition) is 2. The van der Waals surface area contributed by atoms with E-state index >= 15 is 0 Å². The number of carbonyl (C=O) groups excluding carboxylic acids is 1. The van der Waals surface area contributed by atoms with Crippen LogP contribution in [0.3, 0.4) is 0 Å². The molecule has 96 valence electrons. The first-order valence-electron chi connectivity index (χ1n) is 5.99. The van der Waals surface area contributed by atoms with Crippen molar-refractivity contribution in [1.29, 1.82) is 0 Å². The van der Waals surface area contributed by atoms with Gasteiger partial charge in [-0.25, -0.2) is 13.2 Å². The van der Waals surface area contributed by atoms with E-state index in [1.165, 1.54) is 6.92 Å². The molecule has 2 aliphatic rings. The predicted molar refractivity (Wildman–Crippen MR) is 60.4 cm³/mol. The lowest BCUT2D eigenvalue weighted by atomic mass is 9.94. The van der Waals surface area contributed by atoms with E-state index in [9.17, 15) is 18.0 Å². The van der Waals surface area contributed by atoms with E-state index in [4.69, 9.17) is 0 Å². The van der Waals surface area contributed by atoms with Crippen LogP contribution in [0.4, 0.5) is 18.9 Å². The smallest absolute Gasteiger partial charge is 0.196 e. The van der Waals surface area contributed by atoms with Crippen LogP contribution in [0.2, 0.25) is 0 Å². The van der Waals surface area contributed by atoms with Gasteiger partial charge in [-0.15, -0.1) is 0 Å². The second-order valence-electron chi connectivity index (χ2n) is 4.89. The molecule has 0 amide bonds. The molecular weight excluding hydrogens is 243 g/mol. The lowest BCUT2D eigenvalue weighted by Crippen LogP contribution is -2.36. The average Bonchev–Trinajstić information content (AvgIpc) is 3.17. The van der Waals surface area contributed by atoms with Crippen LogP contribution < -0.4 is 4.90 Å². The maximum atomic E-state index is 13.9. The number of benzene rings is 1. The molecular formula is C13H12F3NO. The summed E-state index contributed by atoms with van der Waals surface area (Å²) < 4.78 is 40.9. The Morgan fingerprint density at radius 3 is 2.39 bits per heavy atom. The maximum Gasteiger partial charge on any atom is 0.196 e. The lowest BCUT2D eigenvalue weighted by Gasteiger charge is -2.32. The van der Waals surface area contributed by atoms with Gasteiger partial charge in [0, 0.05) is 24.6 Å². The number of rotatable bonds is 1. The average molecular weight is 255 g/mol. The minimum atomic E-state index is -1.48. The Hall–Kier alpha value is -1.52. The summed E-state index contributed by atoms with van der Waals surface area (Å²) in [4.78, 5) is 13.5. The molecule has 3 rings (SSSR count). The van der Waals surface area contributed by atoms with Crippen LogP contribution in [-0.4, -0.2) is 18.4 Å². The normalized spacial score (nSPS) is 19.1. The predicted octanol–water partition coefficient (Wildman–Crippen LogP) is 2.97. The fraction of sp³-hybridized carbons (Fsp3) is 0.462. The van der Waals surface area contributed by atoms with Crippen molar-refractivity contribution in [2.75, 3.05) is 11.4 Å². The SMILES string of the molecule is Cc1c(F)c(F)c(F)c2c1C(=O)CCN2C1CC1. The van der Waals surface area contributed by atoms with E-state index in [0.29, 0.717) is 6.54 Å².